The van der Waals surface area contributed by atoms with E-state index >= 15 is 0 Å². The zero-order chi connectivity index (χ0) is 13.3. The van der Waals surface area contributed by atoms with Crippen molar-refractivity contribution in [2.75, 3.05) is 6.54 Å². The lowest BCUT2D eigenvalue weighted by Gasteiger charge is -2.26. The lowest BCUT2D eigenvalue weighted by atomic mass is 10.2. The number of hydrogen-bond acceptors (Lipinski definition) is 2. The summed E-state index contributed by atoms with van der Waals surface area (Å²) in [6.45, 7) is 6.55. The standard InChI is InChI=1S/C14H20N2O2/c1-9(2)16(8-11-4-5-11)14(18)12-7-15-10(3)6-13(12)17/h6-7,9,11H,4-5,8H2,1-3H3,(H,15,17). The number of nitrogens with zero attached hydrogens (tertiary/aromatic N) is 1. The molecule has 1 aliphatic carbocycles. The molecule has 0 atom stereocenters. The molecule has 0 radical (unpaired) electrons. The van der Waals surface area contributed by atoms with Gasteiger partial charge in [0.1, 0.15) is 5.56 Å². The summed E-state index contributed by atoms with van der Waals surface area (Å²) in [5.41, 5.74) is 0.822. The van der Waals surface area contributed by atoms with Gasteiger partial charge in [0, 0.05) is 30.5 Å². The molecule has 2 rings (SSSR count). The first kappa shape index (κ1) is 12.9. The first-order valence-corrected chi connectivity index (χ1v) is 6.49. The first-order valence-electron chi connectivity index (χ1n) is 6.49. The summed E-state index contributed by atoms with van der Waals surface area (Å²) in [6.07, 6.45) is 3.92. The molecule has 1 N–H and O–H groups in total. The van der Waals surface area contributed by atoms with Crippen molar-refractivity contribution < 1.29 is 4.79 Å². The third-order valence-corrected chi connectivity index (χ3v) is 3.32. The molecule has 0 aromatic carbocycles. The molecule has 1 fully saturated rings. The van der Waals surface area contributed by atoms with E-state index in [1.54, 1.807) is 11.8 Å². The number of hydrogen-bond donors (Lipinski definition) is 1. The van der Waals surface area contributed by atoms with Gasteiger partial charge in [-0.3, -0.25) is 9.59 Å². The second-order valence-corrected chi connectivity index (χ2v) is 5.39. The van der Waals surface area contributed by atoms with Gasteiger partial charge >= 0.3 is 0 Å². The van der Waals surface area contributed by atoms with Crippen molar-refractivity contribution in [2.24, 2.45) is 5.92 Å². The molecule has 98 valence electrons. The molecule has 0 unspecified atom stereocenters. The highest BCUT2D eigenvalue weighted by Crippen LogP contribution is 2.30. The van der Waals surface area contributed by atoms with Gasteiger partial charge in [0.05, 0.1) is 0 Å². The van der Waals surface area contributed by atoms with Crippen LogP contribution in [-0.4, -0.2) is 28.4 Å². The Kier molecular flexibility index (Phi) is 3.55. The minimum Gasteiger partial charge on any atom is -0.364 e. The molecule has 1 saturated carbocycles. The first-order chi connectivity index (χ1) is 8.49. The Morgan fingerprint density at radius 3 is 2.67 bits per heavy atom. The average molecular weight is 248 g/mol. The van der Waals surface area contributed by atoms with E-state index in [4.69, 9.17) is 0 Å². The number of aryl methyl sites for hydroxylation is 1. The molecular weight excluding hydrogens is 228 g/mol. The zero-order valence-electron chi connectivity index (χ0n) is 11.2. The van der Waals surface area contributed by atoms with E-state index < -0.39 is 0 Å². The van der Waals surface area contributed by atoms with Crippen molar-refractivity contribution >= 4 is 5.91 Å². The Morgan fingerprint density at radius 1 is 1.50 bits per heavy atom. The van der Waals surface area contributed by atoms with Crippen LogP contribution in [0.15, 0.2) is 17.1 Å². The molecule has 4 heteroatoms. The molecule has 0 bridgehead atoms. The molecule has 1 aliphatic rings. The second-order valence-electron chi connectivity index (χ2n) is 5.39. The Balaban J connectivity index is 2.23. The van der Waals surface area contributed by atoms with Crippen LogP contribution >= 0.6 is 0 Å². The lowest BCUT2D eigenvalue weighted by molar-refractivity contribution is 0.0694. The molecular formula is C14H20N2O2. The van der Waals surface area contributed by atoms with E-state index in [1.165, 1.54) is 25.1 Å². The quantitative estimate of drug-likeness (QED) is 0.885. The molecule has 0 aliphatic heterocycles. The highest BCUT2D eigenvalue weighted by Gasteiger charge is 2.29. The van der Waals surface area contributed by atoms with Gasteiger partial charge in [-0.2, -0.15) is 0 Å². The maximum absolute atomic E-state index is 12.4. The zero-order valence-corrected chi connectivity index (χ0v) is 11.2. The number of carbonyl (C=O) groups excluding carboxylic acids is 1. The molecule has 0 spiro atoms. The van der Waals surface area contributed by atoms with Crippen LogP contribution < -0.4 is 5.43 Å². The van der Waals surface area contributed by atoms with E-state index in [2.05, 4.69) is 4.98 Å². The van der Waals surface area contributed by atoms with Crippen LogP contribution in [0.5, 0.6) is 0 Å². The van der Waals surface area contributed by atoms with Crippen LogP contribution in [0.4, 0.5) is 0 Å². The van der Waals surface area contributed by atoms with Crippen molar-refractivity contribution in [1.82, 2.24) is 9.88 Å². The summed E-state index contributed by atoms with van der Waals surface area (Å²) in [7, 11) is 0. The third kappa shape index (κ3) is 2.81. The highest BCUT2D eigenvalue weighted by molar-refractivity contribution is 5.94. The van der Waals surface area contributed by atoms with Gasteiger partial charge < -0.3 is 9.88 Å². The van der Waals surface area contributed by atoms with Crippen LogP contribution in [-0.2, 0) is 0 Å². The van der Waals surface area contributed by atoms with Crippen molar-refractivity contribution in [3.05, 3.63) is 33.7 Å². The Labute approximate surface area is 107 Å². The number of aromatic nitrogens is 1. The molecule has 1 aromatic rings. The predicted octanol–water partition coefficient (Wildman–Crippen LogP) is 1.94. The number of aromatic amines is 1. The Hall–Kier alpha value is -1.58. The highest BCUT2D eigenvalue weighted by atomic mass is 16.2. The van der Waals surface area contributed by atoms with Crippen LogP contribution in [0, 0.1) is 12.8 Å². The van der Waals surface area contributed by atoms with Gasteiger partial charge in [0.15, 0.2) is 5.43 Å². The lowest BCUT2D eigenvalue weighted by Crippen LogP contribution is -2.40. The molecule has 18 heavy (non-hydrogen) atoms. The van der Waals surface area contributed by atoms with Crippen LogP contribution in [0.25, 0.3) is 0 Å². The van der Waals surface area contributed by atoms with Gasteiger partial charge in [0.25, 0.3) is 5.91 Å². The normalized spacial score (nSPS) is 14.9. The molecule has 1 aromatic heterocycles. The van der Waals surface area contributed by atoms with E-state index in [0.29, 0.717) is 5.92 Å². The van der Waals surface area contributed by atoms with Crippen molar-refractivity contribution in [3.8, 4) is 0 Å². The van der Waals surface area contributed by atoms with Gasteiger partial charge in [-0.15, -0.1) is 0 Å². The van der Waals surface area contributed by atoms with Gasteiger partial charge in [-0.1, -0.05) is 0 Å². The molecule has 1 amide bonds. The minimum atomic E-state index is -0.197. The van der Waals surface area contributed by atoms with Crippen molar-refractivity contribution in [3.63, 3.8) is 0 Å². The van der Waals surface area contributed by atoms with Gasteiger partial charge in [0.2, 0.25) is 0 Å². The van der Waals surface area contributed by atoms with Crippen LogP contribution in [0.1, 0.15) is 42.7 Å². The number of H-pyrrole nitrogens is 1. The summed E-state index contributed by atoms with van der Waals surface area (Å²) < 4.78 is 0. The van der Waals surface area contributed by atoms with Crippen LogP contribution in [0.3, 0.4) is 0 Å². The average Bonchev–Trinajstić information content (AvgIpc) is 3.08. The van der Waals surface area contributed by atoms with E-state index in [-0.39, 0.29) is 22.9 Å². The topological polar surface area (TPSA) is 53.2 Å². The van der Waals surface area contributed by atoms with Gasteiger partial charge in [-0.05, 0) is 39.5 Å². The number of nitrogens with one attached hydrogen (secondary N) is 1. The fourth-order valence-corrected chi connectivity index (χ4v) is 2.00. The fraction of sp³-hybridized carbons (Fsp3) is 0.571. The van der Waals surface area contributed by atoms with E-state index in [1.807, 2.05) is 13.8 Å². The number of amides is 1. The largest absolute Gasteiger partial charge is 0.364 e. The number of pyridine rings is 1. The maximum Gasteiger partial charge on any atom is 0.259 e. The minimum absolute atomic E-state index is 0.124. The molecule has 4 nitrogen and oxygen atoms in total. The van der Waals surface area contributed by atoms with E-state index in [9.17, 15) is 9.59 Å². The fourth-order valence-electron chi connectivity index (χ4n) is 2.00. The molecule has 1 heterocycles. The molecule has 0 saturated heterocycles. The summed E-state index contributed by atoms with van der Waals surface area (Å²) in [6, 6.07) is 1.60. The van der Waals surface area contributed by atoms with Crippen molar-refractivity contribution in [1.29, 1.82) is 0 Å². The third-order valence-electron chi connectivity index (χ3n) is 3.32. The van der Waals surface area contributed by atoms with Crippen LogP contribution in [0.2, 0.25) is 0 Å². The smallest absolute Gasteiger partial charge is 0.259 e. The summed E-state index contributed by atoms with van der Waals surface area (Å²) >= 11 is 0. The summed E-state index contributed by atoms with van der Waals surface area (Å²) in [5, 5.41) is 0. The number of carbonyl (C=O) groups is 1. The van der Waals surface area contributed by atoms with Crippen molar-refractivity contribution in [2.45, 2.75) is 39.7 Å². The Bertz CT molecular complexity index is 501. The maximum atomic E-state index is 12.4. The number of rotatable bonds is 4. The SMILES string of the molecule is Cc1cc(=O)c(C(=O)N(CC2CC2)C(C)C)c[nH]1. The van der Waals surface area contributed by atoms with E-state index in [0.717, 1.165) is 12.2 Å². The predicted molar refractivity (Wildman–Crippen MR) is 70.7 cm³/mol. The van der Waals surface area contributed by atoms with Gasteiger partial charge in [-0.25, -0.2) is 0 Å². The summed E-state index contributed by atoms with van der Waals surface area (Å²) in [4.78, 5) is 29.0. The monoisotopic (exact) mass is 248 g/mol. The summed E-state index contributed by atoms with van der Waals surface area (Å²) in [5.74, 6) is 0.471. The second kappa shape index (κ2) is 4.96. The Morgan fingerprint density at radius 2 is 2.17 bits per heavy atom.